The summed E-state index contributed by atoms with van der Waals surface area (Å²) in [5.74, 6) is 1.47. The number of rotatable bonds is 6. The molecule has 2 fully saturated rings. The number of carboxylic acid groups (broad SMARTS) is 1. The predicted molar refractivity (Wildman–Crippen MR) is 67.9 cm³/mol. The molecule has 0 saturated heterocycles. The van der Waals surface area contributed by atoms with Crippen molar-refractivity contribution in [1.29, 1.82) is 0 Å². The molecule has 1 atom stereocenters. The number of hydrogen-bond donors (Lipinski definition) is 2. The van der Waals surface area contributed by atoms with Crippen LogP contribution in [-0.4, -0.2) is 23.7 Å². The standard InChI is InChI=1S/C14H25NO2/c1-10-2-4-11(5-3-10)8-9-15-13(14(16)17)12-6-7-12/h10-13,15H,2-9H2,1H3,(H,16,17). The number of carbonyl (C=O) groups is 1. The van der Waals surface area contributed by atoms with E-state index in [0.717, 1.165) is 37.6 Å². The average Bonchev–Trinajstić information content (AvgIpc) is 3.10. The predicted octanol–water partition coefficient (Wildman–Crippen LogP) is 2.66. The molecule has 2 aliphatic rings. The van der Waals surface area contributed by atoms with E-state index in [2.05, 4.69) is 12.2 Å². The van der Waals surface area contributed by atoms with Crippen molar-refractivity contribution in [3.8, 4) is 0 Å². The molecule has 0 aliphatic heterocycles. The van der Waals surface area contributed by atoms with Crippen LogP contribution in [0.15, 0.2) is 0 Å². The molecular weight excluding hydrogens is 214 g/mol. The van der Waals surface area contributed by atoms with E-state index in [1.54, 1.807) is 0 Å². The van der Waals surface area contributed by atoms with Gasteiger partial charge in [0.15, 0.2) is 0 Å². The van der Waals surface area contributed by atoms with Crippen LogP contribution in [-0.2, 0) is 4.79 Å². The minimum absolute atomic E-state index is 0.280. The Balaban J connectivity index is 1.63. The molecule has 17 heavy (non-hydrogen) atoms. The lowest BCUT2D eigenvalue weighted by Crippen LogP contribution is -2.39. The van der Waals surface area contributed by atoms with Gasteiger partial charge in [0.05, 0.1) is 0 Å². The van der Waals surface area contributed by atoms with Crippen LogP contribution in [0.2, 0.25) is 0 Å². The highest BCUT2D eigenvalue weighted by Gasteiger charge is 2.35. The van der Waals surface area contributed by atoms with Crippen LogP contribution >= 0.6 is 0 Å². The van der Waals surface area contributed by atoms with E-state index in [-0.39, 0.29) is 6.04 Å². The zero-order valence-corrected chi connectivity index (χ0v) is 10.8. The van der Waals surface area contributed by atoms with Gasteiger partial charge in [-0.25, -0.2) is 0 Å². The summed E-state index contributed by atoms with van der Waals surface area (Å²) in [4.78, 5) is 11.0. The van der Waals surface area contributed by atoms with Gasteiger partial charge in [0.25, 0.3) is 0 Å². The second-order valence-corrected chi connectivity index (χ2v) is 6.02. The van der Waals surface area contributed by atoms with Gasteiger partial charge in [-0.3, -0.25) is 4.79 Å². The zero-order chi connectivity index (χ0) is 12.3. The number of hydrogen-bond acceptors (Lipinski definition) is 2. The lowest BCUT2D eigenvalue weighted by atomic mass is 9.81. The fourth-order valence-corrected chi connectivity index (χ4v) is 2.95. The molecule has 0 radical (unpaired) electrons. The second-order valence-electron chi connectivity index (χ2n) is 6.02. The molecule has 2 rings (SSSR count). The number of aliphatic carboxylic acids is 1. The summed E-state index contributed by atoms with van der Waals surface area (Å²) in [6.45, 7) is 3.22. The van der Waals surface area contributed by atoms with Crippen LogP contribution < -0.4 is 5.32 Å². The fourth-order valence-electron chi connectivity index (χ4n) is 2.95. The number of carboxylic acids is 1. The van der Waals surface area contributed by atoms with Gasteiger partial charge in [-0.05, 0) is 43.6 Å². The molecule has 0 spiro atoms. The Morgan fingerprint density at radius 2 is 1.88 bits per heavy atom. The van der Waals surface area contributed by atoms with Gasteiger partial charge in [-0.2, -0.15) is 0 Å². The summed E-state index contributed by atoms with van der Waals surface area (Å²) in [5.41, 5.74) is 0. The van der Waals surface area contributed by atoms with Gasteiger partial charge >= 0.3 is 5.97 Å². The first kappa shape index (κ1) is 12.9. The van der Waals surface area contributed by atoms with Crippen LogP contribution in [0.3, 0.4) is 0 Å². The fraction of sp³-hybridized carbons (Fsp3) is 0.929. The maximum Gasteiger partial charge on any atom is 0.320 e. The third kappa shape index (κ3) is 3.98. The lowest BCUT2D eigenvalue weighted by Gasteiger charge is -2.26. The van der Waals surface area contributed by atoms with E-state index in [9.17, 15) is 4.79 Å². The van der Waals surface area contributed by atoms with Crippen LogP contribution in [0.25, 0.3) is 0 Å². The first-order chi connectivity index (χ1) is 8.16. The van der Waals surface area contributed by atoms with Crippen LogP contribution in [0, 0.1) is 17.8 Å². The van der Waals surface area contributed by atoms with Gasteiger partial charge in [0.2, 0.25) is 0 Å². The van der Waals surface area contributed by atoms with Crippen LogP contribution in [0.1, 0.15) is 51.9 Å². The smallest absolute Gasteiger partial charge is 0.320 e. The Bertz CT molecular complexity index is 255. The molecule has 0 heterocycles. The molecule has 3 heteroatoms. The minimum atomic E-state index is -0.662. The summed E-state index contributed by atoms with van der Waals surface area (Å²) in [6.07, 6.45) is 8.72. The molecule has 0 amide bonds. The first-order valence-electron chi connectivity index (χ1n) is 7.13. The summed E-state index contributed by atoms with van der Waals surface area (Å²) in [5, 5.41) is 12.3. The molecule has 0 bridgehead atoms. The van der Waals surface area contributed by atoms with Crippen LogP contribution in [0.5, 0.6) is 0 Å². The van der Waals surface area contributed by atoms with Crippen molar-refractivity contribution in [3.05, 3.63) is 0 Å². The Hall–Kier alpha value is -0.570. The topological polar surface area (TPSA) is 49.3 Å². The highest BCUT2D eigenvalue weighted by Crippen LogP contribution is 2.33. The van der Waals surface area contributed by atoms with Crippen LogP contribution in [0.4, 0.5) is 0 Å². The minimum Gasteiger partial charge on any atom is -0.480 e. The van der Waals surface area contributed by atoms with Crippen molar-refractivity contribution in [2.24, 2.45) is 17.8 Å². The summed E-state index contributed by atoms with van der Waals surface area (Å²) >= 11 is 0. The summed E-state index contributed by atoms with van der Waals surface area (Å²) in [6, 6.07) is -0.280. The van der Waals surface area contributed by atoms with E-state index in [1.165, 1.54) is 25.7 Å². The maximum atomic E-state index is 11.0. The normalized spacial score (nSPS) is 31.1. The Labute approximate surface area is 104 Å². The first-order valence-corrected chi connectivity index (χ1v) is 7.13. The molecule has 1 unspecified atom stereocenters. The van der Waals surface area contributed by atoms with Gasteiger partial charge in [0, 0.05) is 0 Å². The second kappa shape index (κ2) is 5.85. The monoisotopic (exact) mass is 239 g/mol. The van der Waals surface area contributed by atoms with Gasteiger partial charge in [-0.1, -0.05) is 32.6 Å². The Morgan fingerprint density at radius 1 is 1.24 bits per heavy atom. The average molecular weight is 239 g/mol. The molecule has 2 aliphatic carbocycles. The highest BCUT2D eigenvalue weighted by molar-refractivity contribution is 5.74. The van der Waals surface area contributed by atoms with Gasteiger partial charge in [0.1, 0.15) is 6.04 Å². The van der Waals surface area contributed by atoms with E-state index < -0.39 is 5.97 Å². The molecule has 2 N–H and O–H groups in total. The van der Waals surface area contributed by atoms with E-state index >= 15 is 0 Å². The summed E-state index contributed by atoms with van der Waals surface area (Å²) in [7, 11) is 0. The molecule has 2 saturated carbocycles. The van der Waals surface area contributed by atoms with E-state index in [1.807, 2.05) is 0 Å². The third-order valence-corrected chi connectivity index (χ3v) is 4.41. The van der Waals surface area contributed by atoms with Crippen molar-refractivity contribution in [1.82, 2.24) is 5.32 Å². The van der Waals surface area contributed by atoms with Crippen molar-refractivity contribution in [2.75, 3.05) is 6.54 Å². The zero-order valence-electron chi connectivity index (χ0n) is 10.8. The Morgan fingerprint density at radius 3 is 2.41 bits per heavy atom. The van der Waals surface area contributed by atoms with Crippen molar-refractivity contribution >= 4 is 5.97 Å². The SMILES string of the molecule is CC1CCC(CCNC(C(=O)O)C2CC2)CC1. The molecular formula is C14H25NO2. The van der Waals surface area contributed by atoms with Gasteiger partial charge in [-0.15, -0.1) is 0 Å². The Kier molecular flexibility index (Phi) is 4.43. The van der Waals surface area contributed by atoms with E-state index in [4.69, 9.17) is 5.11 Å². The molecule has 3 nitrogen and oxygen atoms in total. The molecule has 0 aromatic carbocycles. The third-order valence-electron chi connectivity index (χ3n) is 4.41. The van der Waals surface area contributed by atoms with Gasteiger partial charge < -0.3 is 10.4 Å². The van der Waals surface area contributed by atoms with Crippen molar-refractivity contribution in [2.45, 2.75) is 57.9 Å². The molecule has 0 aromatic rings. The quantitative estimate of drug-likeness (QED) is 0.749. The maximum absolute atomic E-state index is 11.0. The summed E-state index contributed by atoms with van der Waals surface area (Å²) < 4.78 is 0. The molecule has 0 aromatic heterocycles. The van der Waals surface area contributed by atoms with E-state index in [0.29, 0.717) is 5.92 Å². The number of nitrogens with one attached hydrogen (secondary N) is 1. The molecule has 98 valence electrons. The highest BCUT2D eigenvalue weighted by atomic mass is 16.4. The van der Waals surface area contributed by atoms with Crippen molar-refractivity contribution in [3.63, 3.8) is 0 Å². The van der Waals surface area contributed by atoms with Crippen molar-refractivity contribution < 1.29 is 9.90 Å². The lowest BCUT2D eigenvalue weighted by molar-refractivity contribution is -0.140. The largest absolute Gasteiger partial charge is 0.480 e.